The van der Waals surface area contributed by atoms with Crippen LogP contribution < -0.4 is 4.90 Å². The fourth-order valence-electron chi connectivity index (χ4n) is 2.98. The summed E-state index contributed by atoms with van der Waals surface area (Å²) in [6.45, 7) is 4.32. The van der Waals surface area contributed by atoms with Crippen molar-refractivity contribution in [3.63, 3.8) is 0 Å². The first kappa shape index (κ1) is 21.3. The molecule has 10 heteroatoms. The van der Waals surface area contributed by atoms with Crippen molar-refractivity contribution >= 4 is 40.3 Å². The van der Waals surface area contributed by atoms with Gasteiger partial charge >= 0.3 is 6.09 Å². The van der Waals surface area contributed by atoms with Crippen molar-refractivity contribution < 1.29 is 14.3 Å². The summed E-state index contributed by atoms with van der Waals surface area (Å²) < 4.78 is 9.40. The Hall–Kier alpha value is -2.39. The lowest BCUT2D eigenvalue weighted by Crippen LogP contribution is -2.52. The number of hydrogen-bond acceptors (Lipinski definition) is 7. The maximum atomic E-state index is 12.6. The molecular weight excluding hydrogens is 414 g/mol. The van der Waals surface area contributed by atoms with Crippen LogP contribution in [0.2, 0.25) is 5.02 Å². The van der Waals surface area contributed by atoms with Crippen LogP contribution >= 0.6 is 23.1 Å². The number of rotatable bonds is 6. The lowest BCUT2D eigenvalue weighted by Gasteiger charge is -2.34. The minimum Gasteiger partial charge on any atom is -0.450 e. The third-order valence-corrected chi connectivity index (χ3v) is 5.71. The van der Waals surface area contributed by atoms with E-state index in [9.17, 15) is 9.59 Å². The third kappa shape index (κ3) is 5.80. The van der Waals surface area contributed by atoms with Crippen LogP contribution in [0.3, 0.4) is 0 Å². The van der Waals surface area contributed by atoms with Crippen molar-refractivity contribution in [1.82, 2.24) is 19.2 Å². The largest absolute Gasteiger partial charge is 0.450 e. The Balaban J connectivity index is 1.49. The summed E-state index contributed by atoms with van der Waals surface area (Å²) in [4.78, 5) is 34.1. The zero-order valence-corrected chi connectivity index (χ0v) is 18.1. The van der Waals surface area contributed by atoms with E-state index in [-0.39, 0.29) is 18.5 Å². The van der Waals surface area contributed by atoms with Gasteiger partial charge in [-0.3, -0.25) is 4.79 Å². The molecule has 0 aliphatic carbocycles. The van der Waals surface area contributed by atoms with E-state index >= 15 is 0 Å². The molecular formula is C19H24ClN5O3S. The summed E-state index contributed by atoms with van der Waals surface area (Å²) in [5, 5.41) is 1.40. The second-order valence-electron chi connectivity index (χ2n) is 6.72. The van der Waals surface area contributed by atoms with E-state index in [1.807, 2.05) is 36.2 Å². The number of carbonyl (C=O) groups is 2. The van der Waals surface area contributed by atoms with E-state index in [2.05, 4.69) is 9.36 Å². The molecule has 0 N–H and O–H groups in total. The smallest absolute Gasteiger partial charge is 0.409 e. The van der Waals surface area contributed by atoms with E-state index in [0.717, 1.165) is 11.4 Å². The van der Waals surface area contributed by atoms with Crippen LogP contribution in [0, 0.1) is 0 Å². The minimum absolute atomic E-state index is 0.00506. The first-order valence-electron chi connectivity index (χ1n) is 9.44. The molecule has 8 nitrogen and oxygen atoms in total. The molecule has 0 atom stereocenters. The Morgan fingerprint density at radius 2 is 1.83 bits per heavy atom. The number of aromatic nitrogens is 2. The molecule has 0 saturated carbocycles. The van der Waals surface area contributed by atoms with Gasteiger partial charge in [-0.05, 0) is 24.6 Å². The van der Waals surface area contributed by atoms with Gasteiger partial charge in [-0.15, -0.1) is 0 Å². The molecule has 1 aliphatic rings. The van der Waals surface area contributed by atoms with Gasteiger partial charge in [-0.25, -0.2) is 9.78 Å². The molecule has 1 saturated heterocycles. The summed E-state index contributed by atoms with van der Waals surface area (Å²) in [7, 11) is 1.83. The van der Waals surface area contributed by atoms with E-state index in [0.29, 0.717) is 49.4 Å². The second kappa shape index (κ2) is 9.89. The molecule has 1 aliphatic heterocycles. The van der Waals surface area contributed by atoms with Crippen molar-refractivity contribution in [2.24, 2.45) is 0 Å². The number of piperazine rings is 1. The molecule has 2 heterocycles. The van der Waals surface area contributed by atoms with Crippen LogP contribution in [0.25, 0.3) is 0 Å². The van der Waals surface area contributed by atoms with Gasteiger partial charge < -0.3 is 19.4 Å². The maximum Gasteiger partial charge on any atom is 0.409 e. The van der Waals surface area contributed by atoms with Gasteiger partial charge in [0.2, 0.25) is 11.0 Å². The zero-order valence-electron chi connectivity index (χ0n) is 16.5. The van der Waals surface area contributed by atoms with E-state index in [1.54, 1.807) is 16.7 Å². The van der Waals surface area contributed by atoms with E-state index < -0.39 is 0 Å². The minimum atomic E-state index is -0.321. The Kier molecular flexibility index (Phi) is 7.27. The standard InChI is InChI=1S/C19H24ClN5O3S/c1-3-28-19(27)25-10-8-24(9-11-25)17(26)13-23(2)18-21-16(22-29-18)12-14-4-6-15(20)7-5-14/h4-7H,3,8-13H2,1-2H3. The molecule has 0 radical (unpaired) electrons. The maximum absolute atomic E-state index is 12.6. The number of carbonyl (C=O) groups excluding carboxylic acids is 2. The van der Waals surface area contributed by atoms with E-state index in [1.165, 1.54) is 11.5 Å². The lowest BCUT2D eigenvalue weighted by atomic mass is 10.1. The monoisotopic (exact) mass is 437 g/mol. The first-order valence-corrected chi connectivity index (χ1v) is 10.6. The Labute approximate surface area is 179 Å². The third-order valence-electron chi connectivity index (χ3n) is 4.59. The number of likely N-dealkylation sites (N-methyl/N-ethyl adjacent to an activating group) is 1. The average Bonchev–Trinajstić information content (AvgIpc) is 3.18. The predicted octanol–water partition coefficient (Wildman–Crippen LogP) is 2.52. The fraction of sp³-hybridized carbons (Fsp3) is 0.474. The summed E-state index contributed by atoms with van der Waals surface area (Å²) in [6.07, 6.45) is 0.296. The van der Waals surface area contributed by atoms with Crippen molar-refractivity contribution in [3.8, 4) is 0 Å². The number of ether oxygens (including phenoxy) is 1. The highest BCUT2D eigenvalue weighted by molar-refractivity contribution is 7.09. The van der Waals surface area contributed by atoms with Gasteiger partial charge in [-0.1, -0.05) is 23.7 Å². The molecule has 1 aromatic heterocycles. The van der Waals surface area contributed by atoms with Crippen molar-refractivity contribution in [1.29, 1.82) is 0 Å². The highest BCUT2D eigenvalue weighted by Gasteiger charge is 2.25. The van der Waals surface area contributed by atoms with Gasteiger partial charge in [0, 0.05) is 56.2 Å². The number of nitrogens with zero attached hydrogens (tertiary/aromatic N) is 5. The van der Waals surface area contributed by atoms with Crippen LogP contribution in [0.1, 0.15) is 18.3 Å². The summed E-state index contributed by atoms with van der Waals surface area (Å²) in [6, 6.07) is 7.59. The fourth-order valence-corrected chi connectivity index (χ4v) is 3.75. The van der Waals surface area contributed by atoms with Gasteiger partial charge in [-0.2, -0.15) is 4.37 Å². The molecule has 156 valence electrons. The molecule has 0 unspecified atom stereocenters. The van der Waals surface area contributed by atoms with Crippen LogP contribution in [0.15, 0.2) is 24.3 Å². The highest BCUT2D eigenvalue weighted by Crippen LogP contribution is 2.19. The SMILES string of the molecule is CCOC(=O)N1CCN(C(=O)CN(C)c2nc(Cc3ccc(Cl)cc3)ns2)CC1. The van der Waals surface area contributed by atoms with E-state index in [4.69, 9.17) is 16.3 Å². The second-order valence-corrected chi connectivity index (χ2v) is 7.89. The predicted molar refractivity (Wildman–Crippen MR) is 113 cm³/mol. The molecule has 1 fully saturated rings. The quantitative estimate of drug-likeness (QED) is 0.691. The Morgan fingerprint density at radius 3 is 2.48 bits per heavy atom. The first-order chi connectivity index (χ1) is 14.0. The number of benzene rings is 1. The normalized spacial score (nSPS) is 14.0. The average molecular weight is 438 g/mol. The molecule has 2 aromatic rings. The molecule has 3 rings (SSSR count). The number of hydrogen-bond donors (Lipinski definition) is 0. The van der Waals surface area contributed by atoms with Crippen molar-refractivity contribution in [2.45, 2.75) is 13.3 Å². The van der Waals surface area contributed by atoms with Crippen molar-refractivity contribution in [2.75, 3.05) is 51.3 Å². The van der Waals surface area contributed by atoms with Gasteiger partial charge in [0.1, 0.15) is 5.82 Å². The topological polar surface area (TPSA) is 78.9 Å². The van der Waals surface area contributed by atoms with Crippen LogP contribution in [0.5, 0.6) is 0 Å². The number of halogens is 1. The van der Waals surface area contributed by atoms with Crippen molar-refractivity contribution in [3.05, 3.63) is 40.7 Å². The number of anilines is 1. The Morgan fingerprint density at radius 1 is 1.17 bits per heavy atom. The molecule has 29 heavy (non-hydrogen) atoms. The summed E-state index contributed by atoms with van der Waals surface area (Å²) in [5.41, 5.74) is 1.08. The highest BCUT2D eigenvalue weighted by atomic mass is 35.5. The lowest BCUT2D eigenvalue weighted by molar-refractivity contribution is -0.131. The Bertz CT molecular complexity index is 837. The number of amides is 2. The molecule has 0 bridgehead atoms. The summed E-state index contributed by atoms with van der Waals surface area (Å²) >= 11 is 7.19. The van der Waals surface area contributed by atoms with Gasteiger partial charge in [0.25, 0.3) is 0 Å². The molecule has 1 aromatic carbocycles. The molecule has 0 spiro atoms. The zero-order chi connectivity index (χ0) is 20.8. The van der Waals surface area contributed by atoms with Crippen LogP contribution in [0.4, 0.5) is 9.93 Å². The van der Waals surface area contributed by atoms with Crippen LogP contribution in [-0.2, 0) is 16.0 Å². The van der Waals surface area contributed by atoms with Crippen LogP contribution in [-0.4, -0.2) is 77.5 Å². The molecule has 2 amide bonds. The summed E-state index contributed by atoms with van der Waals surface area (Å²) in [5.74, 6) is 0.722. The van der Waals surface area contributed by atoms with Gasteiger partial charge in [0.05, 0.1) is 13.2 Å². The van der Waals surface area contributed by atoms with Gasteiger partial charge in [0.15, 0.2) is 0 Å².